The van der Waals surface area contributed by atoms with Gasteiger partial charge in [-0.3, -0.25) is 4.90 Å². The van der Waals surface area contributed by atoms with Gasteiger partial charge in [-0.1, -0.05) is 30.3 Å². The molecule has 0 bridgehead atoms. The fourth-order valence-electron chi connectivity index (χ4n) is 3.32. The van der Waals surface area contributed by atoms with Gasteiger partial charge in [-0.2, -0.15) is 5.10 Å². The Morgan fingerprint density at radius 1 is 1.17 bits per heavy atom. The summed E-state index contributed by atoms with van der Waals surface area (Å²) in [4.78, 5) is 11.0. The van der Waals surface area contributed by atoms with Crippen molar-refractivity contribution in [1.82, 2.24) is 24.6 Å². The van der Waals surface area contributed by atoms with Crippen molar-refractivity contribution in [3.05, 3.63) is 55.1 Å². The van der Waals surface area contributed by atoms with Crippen LogP contribution in [0.25, 0.3) is 11.3 Å². The molecule has 1 aliphatic heterocycles. The molecular formula is C18H21N5O. The number of piperidine rings is 1. The van der Waals surface area contributed by atoms with E-state index in [4.69, 9.17) is 4.42 Å². The summed E-state index contributed by atoms with van der Waals surface area (Å²) in [6.07, 6.45) is 7.38. The smallest absolute Gasteiger partial charge is 0.211 e. The molecule has 0 aliphatic carbocycles. The van der Waals surface area contributed by atoms with E-state index in [9.17, 15) is 0 Å². The Hall–Kier alpha value is -2.47. The summed E-state index contributed by atoms with van der Waals surface area (Å²) in [5.41, 5.74) is 1.06. The lowest BCUT2D eigenvalue weighted by Gasteiger charge is -2.34. The van der Waals surface area contributed by atoms with Gasteiger partial charge in [0, 0.05) is 18.7 Å². The van der Waals surface area contributed by atoms with Crippen LogP contribution >= 0.6 is 0 Å². The zero-order valence-electron chi connectivity index (χ0n) is 13.7. The van der Waals surface area contributed by atoms with Gasteiger partial charge in [0.15, 0.2) is 5.76 Å². The van der Waals surface area contributed by atoms with Gasteiger partial charge in [0.25, 0.3) is 0 Å². The monoisotopic (exact) mass is 323 g/mol. The molecular weight excluding hydrogens is 302 g/mol. The minimum absolute atomic E-state index is 0.180. The Bertz CT molecular complexity index is 760. The highest BCUT2D eigenvalue weighted by molar-refractivity contribution is 5.55. The molecule has 4 rings (SSSR count). The first-order valence-electron chi connectivity index (χ1n) is 8.40. The summed E-state index contributed by atoms with van der Waals surface area (Å²) in [5.74, 6) is 1.61. The average molecular weight is 323 g/mol. The Balaban J connectivity index is 1.42. The molecule has 1 saturated heterocycles. The van der Waals surface area contributed by atoms with Crippen LogP contribution in [0.1, 0.15) is 37.7 Å². The molecule has 1 fully saturated rings. The lowest BCUT2D eigenvalue weighted by Crippen LogP contribution is -2.36. The maximum absolute atomic E-state index is 6.00. The first-order valence-corrected chi connectivity index (χ1v) is 8.40. The highest BCUT2D eigenvalue weighted by Crippen LogP contribution is 2.30. The molecule has 0 N–H and O–H groups in total. The molecule has 3 heterocycles. The van der Waals surface area contributed by atoms with Crippen LogP contribution in [-0.2, 0) is 0 Å². The first kappa shape index (κ1) is 15.1. The number of oxazole rings is 1. The molecule has 2 aromatic heterocycles. The lowest BCUT2D eigenvalue weighted by molar-refractivity contribution is 0.123. The fraction of sp³-hybridized carbons (Fsp3) is 0.389. The van der Waals surface area contributed by atoms with E-state index in [0.29, 0.717) is 6.04 Å². The molecule has 1 aromatic carbocycles. The van der Waals surface area contributed by atoms with Crippen LogP contribution in [-0.4, -0.2) is 37.7 Å². The van der Waals surface area contributed by atoms with E-state index >= 15 is 0 Å². The van der Waals surface area contributed by atoms with Crippen LogP contribution in [0.5, 0.6) is 0 Å². The van der Waals surface area contributed by atoms with E-state index < -0.39 is 0 Å². The number of rotatable bonds is 4. The summed E-state index contributed by atoms with van der Waals surface area (Å²) in [5, 5.41) is 4.26. The summed E-state index contributed by atoms with van der Waals surface area (Å²) in [6, 6.07) is 10.7. The molecule has 1 unspecified atom stereocenters. The molecule has 0 radical (unpaired) electrons. The van der Waals surface area contributed by atoms with E-state index in [1.807, 2.05) is 47.5 Å². The van der Waals surface area contributed by atoms with E-state index in [2.05, 4.69) is 26.9 Å². The van der Waals surface area contributed by atoms with Crippen LogP contribution in [0.15, 0.2) is 53.6 Å². The van der Waals surface area contributed by atoms with Gasteiger partial charge in [-0.15, -0.1) is 0 Å². The highest BCUT2D eigenvalue weighted by atomic mass is 16.4. The van der Waals surface area contributed by atoms with Crippen LogP contribution in [0.2, 0.25) is 0 Å². The van der Waals surface area contributed by atoms with E-state index in [1.165, 1.54) is 0 Å². The van der Waals surface area contributed by atoms with Gasteiger partial charge < -0.3 is 4.42 Å². The maximum Gasteiger partial charge on any atom is 0.211 e. The SMILES string of the molecule is CC(c1ncc(-c2ccccc2)o1)N1CCC(n2cncn2)CC1. The molecule has 0 saturated carbocycles. The van der Waals surface area contributed by atoms with Crippen LogP contribution in [0, 0.1) is 0 Å². The van der Waals surface area contributed by atoms with Crippen molar-refractivity contribution in [2.45, 2.75) is 31.8 Å². The van der Waals surface area contributed by atoms with Crippen molar-refractivity contribution >= 4 is 0 Å². The zero-order chi connectivity index (χ0) is 16.4. The summed E-state index contributed by atoms with van der Waals surface area (Å²) in [6.45, 7) is 4.18. The van der Waals surface area contributed by atoms with Gasteiger partial charge in [-0.25, -0.2) is 14.6 Å². The molecule has 0 spiro atoms. The molecule has 0 amide bonds. The number of hydrogen-bond donors (Lipinski definition) is 0. The Morgan fingerprint density at radius 3 is 2.67 bits per heavy atom. The number of benzene rings is 1. The third kappa shape index (κ3) is 2.97. The number of hydrogen-bond acceptors (Lipinski definition) is 5. The van der Waals surface area contributed by atoms with Crippen molar-refractivity contribution in [3.63, 3.8) is 0 Å². The molecule has 1 atom stereocenters. The number of aromatic nitrogens is 4. The standard InChI is InChI=1S/C18H21N5O/c1-14(18-20-11-17(24-18)15-5-3-2-4-6-15)22-9-7-16(8-10-22)23-13-19-12-21-23/h2-6,11-14,16H,7-10H2,1H3. The fourth-order valence-corrected chi connectivity index (χ4v) is 3.32. The summed E-state index contributed by atoms with van der Waals surface area (Å²) >= 11 is 0. The van der Waals surface area contributed by atoms with Crippen LogP contribution in [0.3, 0.4) is 0 Å². The van der Waals surface area contributed by atoms with Gasteiger partial charge >= 0.3 is 0 Å². The van der Waals surface area contributed by atoms with Gasteiger partial charge in [-0.05, 0) is 19.8 Å². The topological polar surface area (TPSA) is 60.0 Å². The van der Waals surface area contributed by atoms with Crippen LogP contribution in [0.4, 0.5) is 0 Å². The van der Waals surface area contributed by atoms with Crippen molar-refractivity contribution in [2.75, 3.05) is 13.1 Å². The Labute approximate surface area is 141 Å². The van der Waals surface area contributed by atoms with Gasteiger partial charge in [0.2, 0.25) is 5.89 Å². The Morgan fingerprint density at radius 2 is 1.96 bits per heavy atom. The van der Waals surface area contributed by atoms with E-state index in [1.54, 1.807) is 6.33 Å². The second-order valence-corrected chi connectivity index (χ2v) is 6.25. The first-order chi connectivity index (χ1) is 11.8. The van der Waals surface area contributed by atoms with Crippen molar-refractivity contribution in [2.24, 2.45) is 0 Å². The number of likely N-dealkylation sites (tertiary alicyclic amines) is 1. The highest BCUT2D eigenvalue weighted by Gasteiger charge is 2.27. The van der Waals surface area contributed by atoms with E-state index in [0.717, 1.165) is 43.1 Å². The minimum Gasteiger partial charge on any atom is -0.439 e. The zero-order valence-corrected chi connectivity index (χ0v) is 13.7. The molecule has 24 heavy (non-hydrogen) atoms. The quantitative estimate of drug-likeness (QED) is 0.737. The summed E-state index contributed by atoms with van der Waals surface area (Å²) in [7, 11) is 0. The lowest BCUT2D eigenvalue weighted by atomic mass is 10.0. The normalized spacial score (nSPS) is 17.9. The van der Waals surface area contributed by atoms with Gasteiger partial charge in [0.1, 0.15) is 12.7 Å². The molecule has 1 aliphatic rings. The third-order valence-corrected chi connectivity index (χ3v) is 4.80. The van der Waals surface area contributed by atoms with Crippen molar-refractivity contribution in [1.29, 1.82) is 0 Å². The summed E-state index contributed by atoms with van der Waals surface area (Å²) < 4.78 is 7.98. The second-order valence-electron chi connectivity index (χ2n) is 6.25. The molecule has 124 valence electrons. The minimum atomic E-state index is 0.180. The van der Waals surface area contributed by atoms with Crippen molar-refractivity contribution in [3.8, 4) is 11.3 Å². The molecule has 6 heteroatoms. The van der Waals surface area contributed by atoms with Crippen molar-refractivity contribution < 1.29 is 4.42 Å². The predicted molar refractivity (Wildman–Crippen MR) is 90.2 cm³/mol. The average Bonchev–Trinajstić information content (AvgIpc) is 3.34. The second kappa shape index (κ2) is 6.57. The predicted octanol–water partition coefficient (Wildman–Crippen LogP) is 3.33. The molecule has 6 nitrogen and oxygen atoms in total. The van der Waals surface area contributed by atoms with E-state index in [-0.39, 0.29) is 6.04 Å². The maximum atomic E-state index is 6.00. The Kier molecular flexibility index (Phi) is 4.13. The van der Waals surface area contributed by atoms with Crippen LogP contribution < -0.4 is 0 Å². The number of nitrogens with zero attached hydrogens (tertiary/aromatic N) is 5. The largest absolute Gasteiger partial charge is 0.439 e. The van der Waals surface area contributed by atoms with Gasteiger partial charge in [0.05, 0.1) is 18.3 Å². The third-order valence-electron chi connectivity index (χ3n) is 4.80. The molecule has 3 aromatic rings.